The third-order valence-electron chi connectivity index (χ3n) is 3.11. The smallest absolute Gasteiger partial charge is 0.244 e. The summed E-state index contributed by atoms with van der Waals surface area (Å²) in [7, 11) is -3.42. The van der Waals surface area contributed by atoms with Gasteiger partial charge in [-0.3, -0.25) is 0 Å². The highest BCUT2D eigenvalue weighted by atomic mass is 79.9. The molecule has 0 aliphatic carbocycles. The molecule has 1 heterocycles. The molecule has 0 radical (unpaired) electrons. The summed E-state index contributed by atoms with van der Waals surface area (Å²) in [5.41, 5.74) is 0.944. The van der Waals surface area contributed by atoms with Crippen molar-refractivity contribution in [2.75, 3.05) is 19.6 Å². The minimum Gasteiger partial charge on any atom is -0.314 e. The minimum absolute atomic E-state index is 0.0174. The zero-order valence-electron chi connectivity index (χ0n) is 10.5. The molecule has 0 bridgehead atoms. The first-order chi connectivity index (χ1) is 8.43. The molecule has 1 N–H and O–H groups in total. The summed E-state index contributed by atoms with van der Waals surface area (Å²) in [5.74, 6) is 0. The predicted octanol–water partition coefficient (Wildman–Crippen LogP) is 1.74. The molecule has 0 unspecified atom stereocenters. The van der Waals surface area contributed by atoms with Gasteiger partial charge in [-0.25, -0.2) is 8.42 Å². The highest BCUT2D eigenvalue weighted by Gasteiger charge is 2.32. The lowest BCUT2D eigenvalue weighted by Gasteiger charge is -2.33. The summed E-state index contributed by atoms with van der Waals surface area (Å²) in [6.07, 6.45) is 0. The van der Waals surface area contributed by atoms with E-state index in [0.717, 1.165) is 5.56 Å². The predicted molar refractivity (Wildman–Crippen MR) is 75.1 cm³/mol. The molecule has 0 aromatic heterocycles. The summed E-state index contributed by atoms with van der Waals surface area (Å²) in [4.78, 5) is 0.358. The van der Waals surface area contributed by atoms with E-state index in [0.29, 0.717) is 29.0 Å². The molecule has 0 spiro atoms. The number of hydrogen-bond donors (Lipinski definition) is 1. The van der Waals surface area contributed by atoms with Crippen LogP contribution in [0.15, 0.2) is 27.6 Å². The number of nitrogens with zero attached hydrogens (tertiary/aromatic N) is 1. The second-order valence-electron chi connectivity index (χ2n) is 4.60. The van der Waals surface area contributed by atoms with Gasteiger partial charge in [0.1, 0.15) is 0 Å². The van der Waals surface area contributed by atoms with Gasteiger partial charge >= 0.3 is 0 Å². The van der Waals surface area contributed by atoms with Gasteiger partial charge in [-0.15, -0.1) is 0 Å². The van der Waals surface area contributed by atoms with Crippen molar-refractivity contribution in [3.8, 4) is 0 Å². The number of halogens is 1. The number of hydrogen-bond acceptors (Lipinski definition) is 3. The molecule has 1 saturated heterocycles. The van der Waals surface area contributed by atoms with Crippen LogP contribution in [0.3, 0.4) is 0 Å². The Morgan fingerprint density at radius 2 is 2.17 bits per heavy atom. The van der Waals surface area contributed by atoms with E-state index >= 15 is 0 Å². The zero-order valence-corrected chi connectivity index (χ0v) is 12.9. The normalized spacial score (nSPS) is 22.1. The summed E-state index contributed by atoms with van der Waals surface area (Å²) in [5, 5.41) is 3.20. The third-order valence-corrected chi connectivity index (χ3v) is 6.12. The summed E-state index contributed by atoms with van der Waals surface area (Å²) < 4.78 is 27.5. The first kappa shape index (κ1) is 14.0. The second kappa shape index (κ2) is 5.28. The number of benzene rings is 1. The standard InChI is InChI=1S/C12H17BrN2O2S/c1-9-3-4-11(13)12(7-9)18(16,17)15-6-5-14-8-10(15)2/h3-4,7,10,14H,5-6,8H2,1-2H3/t10-/m0/s1. The highest BCUT2D eigenvalue weighted by molar-refractivity contribution is 9.10. The van der Waals surface area contributed by atoms with Crippen molar-refractivity contribution in [3.05, 3.63) is 28.2 Å². The molecule has 0 amide bonds. The first-order valence-electron chi connectivity index (χ1n) is 5.91. The van der Waals surface area contributed by atoms with Gasteiger partial charge < -0.3 is 5.32 Å². The molecular weight excluding hydrogens is 316 g/mol. The Hall–Kier alpha value is -0.430. The first-order valence-corrected chi connectivity index (χ1v) is 8.15. The Balaban J connectivity index is 2.44. The van der Waals surface area contributed by atoms with Crippen LogP contribution in [-0.2, 0) is 10.0 Å². The molecule has 0 saturated carbocycles. The molecule has 4 nitrogen and oxygen atoms in total. The molecule has 1 aliphatic rings. The molecular formula is C12H17BrN2O2S. The van der Waals surface area contributed by atoms with Crippen LogP contribution >= 0.6 is 15.9 Å². The van der Waals surface area contributed by atoms with E-state index in [9.17, 15) is 8.42 Å². The van der Waals surface area contributed by atoms with Crippen LogP contribution < -0.4 is 5.32 Å². The van der Waals surface area contributed by atoms with E-state index in [2.05, 4.69) is 21.2 Å². The van der Waals surface area contributed by atoms with Crippen LogP contribution in [0.4, 0.5) is 0 Å². The van der Waals surface area contributed by atoms with Gasteiger partial charge in [0.15, 0.2) is 0 Å². The van der Waals surface area contributed by atoms with Crippen molar-refractivity contribution in [1.82, 2.24) is 9.62 Å². The Bertz CT molecular complexity index is 545. The van der Waals surface area contributed by atoms with Crippen molar-refractivity contribution in [1.29, 1.82) is 0 Å². The van der Waals surface area contributed by atoms with Crippen LogP contribution in [0.1, 0.15) is 12.5 Å². The molecule has 1 fully saturated rings. The van der Waals surface area contributed by atoms with Gasteiger partial charge in [-0.2, -0.15) is 4.31 Å². The Kier molecular flexibility index (Phi) is 4.11. The zero-order chi connectivity index (χ0) is 13.3. The lowest BCUT2D eigenvalue weighted by molar-refractivity contribution is 0.283. The minimum atomic E-state index is -3.42. The third kappa shape index (κ3) is 2.61. The van der Waals surface area contributed by atoms with Gasteiger partial charge in [0, 0.05) is 30.1 Å². The summed E-state index contributed by atoms with van der Waals surface area (Å²) in [6, 6.07) is 5.38. The van der Waals surface area contributed by atoms with Crippen LogP contribution in [0.5, 0.6) is 0 Å². The van der Waals surface area contributed by atoms with Gasteiger partial charge in [-0.1, -0.05) is 6.07 Å². The SMILES string of the molecule is Cc1ccc(Br)c(S(=O)(=O)N2CCNC[C@@H]2C)c1. The second-order valence-corrected chi connectivity index (χ2v) is 7.32. The molecule has 100 valence electrons. The number of nitrogens with one attached hydrogen (secondary N) is 1. The van der Waals surface area contributed by atoms with Crippen molar-refractivity contribution in [2.24, 2.45) is 0 Å². The van der Waals surface area contributed by atoms with Crippen LogP contribution in [0, 0.1) is 6.92 Å². The summed E-state index contributed by atoms with van der Waals surface area (Å²) >= 11 is 3.33. The van der Waals surface area contributed by atoms with E-state index in [1.165, 1.54) is 0 Å². The fourth-order valence-electron chi connectivity index (χ4n) is 2.11. The largest absolute Gasteiger partial charge is 0.314 e. The number of sulfonamides is 1. The maximum absolute atomic E-state index is 12.6. The molecule has 6 heteroatoms. The fraction of sp³-hybridized carbons (Fsp3) is 0.500. The van der Waals surface area contributed by atoms with Gasteiger partial charge in [0.05, 0.1) is 4.90 Å². The van der Waals surface area contributed by atoms with E-state index in [-0.39, 0.29) is 6.04 Å². The van der Waals surface area contributed by atoms with Crippen molar-refractivity contribution in [2.45, 2.75) is 24.8 Å². The van der Waals surface area contributed by atoms with Gasteiger partial charge in [0.2, 0.25) is 10.0 Å². The quantitative estimate of drug-likeness (QED) is 0.897. The molecule has 1 aromatic rings. The maximum Gasteiger partial charge on any atom is 0.244 e. The highest BCUT2D eigenvalue weighted by Crippen LogP contribution is 2.27. The molecule has 18 heavy (non-hydrogen) atoms. The van der Waals surface area contributed by atoms with Crippen molar-refractivity contribution >= 4 is 26.0 Å². The van der Waals surface area contributed by atoms with E-state index < -0.39 is 10.0 Å². The van der Waals surface area contributed by atoms with E-state index in [1.54, 1.807) is 16.4 Å². The van der Waals surface area contributed by atoms with Gasteiger partial charge in [-0.05, 0) is 47.5 Å². The van der Waals surface area contributed by atoms with E-state index in [1.807, 2.05) is 19.9 Å². The molecule has 1 atom stereocenters. The van der Waals surface area contributed by atoms with Crippen LogP contribution in [-0.4, -0.2) is 38.4 Å². The van der Waals surface area contributed by atoms with Crippen LogP contribution in [0.25, 0.3) is 0 Å². The Labute approximate surface area is 117 Å². The maximum atomic E-state index is 12.6. The topological polar surface area (TPSA) is 49.4 Å². The Morgan fingerprint density at radius 1 is 1.44 bits per heavy atom. The Morgan fingerprint density at radius 3 is 2.83 bits per heavy atom. The summed E-state index contributed by atoms with van der Waals surface area (Å²) in [6.45, 7) is 5.74. The molecule has 1 aromatic carbocycles. The van der Waals surface area contributed by atoms with Crippen molar-refractivity contribution in [3.63, 3.8) is 0 Å². The monoisotopic (exact) mass is 332 g/mol. The average molecular weight is 333 g/mol. The molecule has 2 rings (SSSR count). The average Bonchev–Trinajstić information content (AvgIpc) is 2.32. The number of aryl methyl sites for hydroxylation is 1. The fourth-order valence-corrected chi connectivity index (χ4v) is 4.76. The molecule has 1 aliphatic heterocycles. The number of rotatable bonds is 2. The van der Waals surface area contributed by atoms with E-state index in [4.69, 9.17) is 0 Å². The van der Waals surface area contributed by atoms with Crippen molar-refractivity contribution < 1.29 is 8.42 Å². The lowest BCUT2D eigenvalue weighted by Crippen LogP contribution is -2.52. The van der Waals surface area contributed by atoms with Crippen LogP contribution in [0.2, 0.25) is 0 Å². The number of piperazine rings is 1. The van der Waals surface area contributed by atoms with Gasteiger partial charge in [0.25, 0.3) is 0 Å². The lowest BCUT2D eigenvalue weighted by atomic mass is 10.2.